The lowest BCUT2D eigenvalue weighted by atomic mass is 9.96. The molecule has 0 fully saturated rings. The monoisotopic (exact) mass is 410 g/mol. The van der Waals surface area contributed by atoms with Crippen LogP contribution in [0.5, 0.6) is 5.75 Å². The van der Waals surface area contributed by atoms with Crippen LogP contribution in [0.2, 0.25) is 0 Å². The molecule has 0 bridgehead atoms. The van der Waals surface area contributed by atoms with E-state index in [2.05, 4.69) is 5.32 Å². The van der Waals surface area contributed by atoms with Crippen molar-refractivity contribution in [1.29, 1.82) is 0 Å². The van der Waals surface area contributed by atoms with Crippen LogP contribution < -0.4 is 15.0 Å². The lowest BCUT2D eigenvalue weighted by molar-refractivity contribution is -0.148. The molecule has 0 radical (unpaired) electrons. The topological polar surface area (TPSA) is 84.9 Å². The van der Waals surface area contributed by atoms with Crippen molar-refractivity contribution in [1.82, 2.24) is 0 Å². The van der Waals surface area contributed by atoms with Gasteiger partial charge in [-0.15, -0.1) is 0 Å². The van der Waals surface area contributed by atoms with E-state index in [1.807, 2.05) is 31.2 Å². The number of benzene rings is 2. The van der Waals surface area contributed by atoms with Gasteiger partial charge in [0.1, 0.15) is 11.3 Å². The molecule has 0 spiro atoms. The summed E-state index contributed by atoms with van der Waals surface area (Å²) in [4.78, 5) is 39.0. The van der Waals surface area contributed by atoms with Crippen LogP contribution in [-0.2, 0) is 25.5 Å². The summed E-state index contributed by atoms with van der Waals surface area (Å²) in [5.74, 6) is -0.498. The van der Waals surface area contributed by atoms with Crippen molar-refractivity contribution in [3.63, 3.8) is 0 Å². The van der Waals surface area contributed by atoms with E-state index in [4.69, 9.17) is 9.47 Å². The molecule has 3 rings (SSSR count). The highest BCUT2D eigenvalue weighted by molar-refractivity contribution is 6.14. The van der Waals surface area contributed by atoms with Gasteiger partial charge in [0, 0.05) is 6.42 Å². The van der Waals surface area contributed by atoms with Crippen LogP contribution in [0, 0.1) is 0 Å². The molecular weight excluding hydrogens is 384 g/mol. The van der Waals surface area contributed by atoms with Crippen LogP contribution in [0.15, 0.2) is 48.5 Å². The smallest absolute Gasteiger partial charge is 0.306 e. The minimum Gasteiger partial charge on any atom is -0.494 e. The molecule has 1 heterocycles. The molecule has 0 atom stereocenters. The summed E-state index contributed by atoms with van der Waals surface area (Å²) in [6.45, 7) is 5.32. The van der Waals surface area contributed by atoms with Crippen LogP contribution in [0.1, 0.15) is 32.8 Å². The summed E-state index contributed by atoms with van der Waals surface area (Å²) in [5, 5.41) is 2.80. The second kappa shape index (κ2) is 8.98. The zero-order valence-electron chi connectivity index (χ0n) is 17.4. The number of hydrogen-bond acceptors (Lipinski definition) is 5. The normalized spacial score (nSPS) is 14.5. The van der Waals surface area contributed by atoms with Crippen LogP contribution in [0.3, 0.4) is 0 Å². The van der Waals surface area contributed by atoms with Crippen LogP contribution in [-0.4, -0.2) is 36.5 Å². The van der Waals surface area contributed by atoms with Crippen molar-refractivity contribution in [3.8, 4) is 5.75 Å². The molecule has 7 nitrogen and oxygen atoms in total. The summed E-state index contributed by atoms with van der Waals surface area (Å²) in [7, 11) is 0. The van der Waals surface area contributed by atoms with Gasteiger partial charge in [-0.2, -0.15) is 0 Å². The molecule has 0 saturated carbocycles. The van der Waals surface area contributed by atoms with Gasteiger partial charge >= 0.3 is 5.97 Å². The molecule has 0 aromatic heterocycles. The largest absolute Gasteiger partial charge is 0.494 e. The van der Waals surface area contributed by atoms with E-state index in [1.165, 1.54) is 4.90 Å². The third-order valence-corrected chi connectivity index (χ3v) is 4.98. The Bertz CT molecular complexity index is 954. The van der Waals surface area contributed by atoms with Gasteiger partial charge in [-0.3, -0.25) is 19.3 Å². The Balaban J connectivity index is 1.63. The van der Waals surface area contributed by atoms with Gasteiger partial charge in [-0.1, -0.05) is 30.3 Å². The fourth-order valence-corrected chi connectivity index (χ4v) is 3.42. The average molecular weight is 410 g/mol. The molecule has 1 N–H and O–H groups in total. The first-order valence-electron chi connectivity index (χ1n) is 9.94. The number of carbonyl (C=O) groups is 3. The Morgan fingerprint density at radius 2 is 1.77 bits per heavy atom. The Morgan fingerprint density at radius 3 is 2.53 bits per heavy atom. The number of esters is 1. The molecule has 2 aromatic carbocycles. The first-order valence-corrected chi connectivity index (χ1v) is 9.94. The summed E-state index contributed by atoms with van der Waals surface area (Å²) in [6.07, 6.45) is 0.571. The number of fused-ring (bicyclic) bond motifs is 1. The van der Waals surface area contributed by atoms with E-state index in [-0.39, 0.29) is 12.3 Å². The van der Waals surface area contributed by atoms with Gasteiger partial charge in [0.25, 0.3) is 5.91 Å². The first-order chi connectivity index (χ1) is 14.3. The van der Waals surface area contributed by atoms with E-state index < -0.39 is 24.0 Å². The van der Waals surface area contributed by atoms with E-state index in [9.17, 15) is 14.4 Å². The van der Waals surface area contributed by atoms with E-state index in [1.54, 1.807) is 38.1 Å². The highest BCUT2D eigenvalue weighted by atomic mass is 16.5. The Kier molecular flexibility index (Phi) is 6.40. The number of carbonyl (C=O) groups excluding carboxylic acids is 3. The number of aryl methyl sites for hydroxylation is 1. The Morgan fingerprint density at radius 1 is 1.07 bits per heavy atom. The quantitative estimate of drug-likeness (QED) is 0.708. The summed E-state index contributed by atoms with van der Waals surface area (Å²) in [5.41, 5.74) is 0.932. The lowest BCUT2D eigenvalue weighted by Gasteiger charge is -2.41. The molecular formula is C23H26N2O5. The molecule has 2 amide bonds. The molecule has 2 aromatic rings. The maximum Gasteiger partial charge on any atom is 0.306 e. The summed E-state index contributed by atoms with van der Waals surface area (Å²) in [6, 6.07) is 14.6. The van der Waals surface area contributed by atoms with E-state index in [0.29, 0.717) is 24.4 Å². The van der Waals surface area contributed by atoms with Crippen molar-refractivity contribution in [2.75, 3.05) is 23.4 Å². The van der Waals surface area contributed by atoms with Gasteiger partial charge in [-0.25, -0.2) is 0 Å². The maximum atomic E-state index is 12.9. The molecule has 0 aliphatic carbocycles. The Labute approximate surface area is 176 Å². The van der Waals surface area contributed by atoms with Crippen LogP contribution in [0.4, 0.5) is 11.4 Å². The van der Waals surface area contributed by atoms with Crippen molar-refractivity contribution >= 4 is 29.2 Å². The fraction of sp³-hybridized carbons (Fsp3) is 0.348. The van der Waals surface area contributed by atoms with Gasteiger partial charge in [-0.05, 0) is 51.0 Å². The predicted molar refractivity (Wildman–Crippen MR) is 114 cm³/mol. The summed E-state index contributed by atoms with van der Waals surface area (Å²) >= 11 is 0. The molecule has 0 unspecified atom stereocenters. The highest BCUT2D eigenvalue weighted by Gasteiger charge is 2.43. The van der Waals surface area contributed by atoms with Crippen molar-refractivity contribution in [2.45, 2.75) is 39.2 Å². The highest BCUT2D eigenvalue weighted by Crippen LogP contribution is 2.36. The summed E-state index contributed by atoms with van der Waals surface area (Å²) < 4.78 is 10.8. The predicted octanol–water partition coefficient (Wildman–Crippen LogP) is 3.33. The zero-order chi connectivity index (χ0) is 21.7. The molecule has 1 aliphatic rings. The SMILES string of the molecule is CCOc1ccccc1CCC(=O)OCC(=O)N1c2ccccc2NC(=O)C1(C)C. The number of ether oxygens (including phenoxy) is 2. The van der Waals surface area contributed by atoms with Gasteiger partial charge in [0.05, 0.1) is 18.0 Å². The minimum atomic E-state index is -1.10. The molecule has 1 aliphatic heterocycles. The number of anilines is 2. The molecule has 158 valence electrons. The maximum absolute atomic E-state index is 12.9. The fourth-order valence-electron chi connectivity index (χ4n) is 3.42. The van der Waals surface area contributed by atoms with Gasteiger partial charge < -0.3 is 14.8 Å². The van der Waals surface area contributed by atoms with Crippen LogP contribution in [0.25, 0.3) is 0 Å². The molecule has 30 heavy (non-hydrogen) atoms. The lowest BCUT2D eigenvalue weighted by Crippen LogP contribution is -2.59. The molecule has 0 saturated heterocycles. The van der Waals surface area contributed by atoms with E-state index in [0.717, 1.165) is 11.3 Å². The number of nitrogens with one attached hydrogen (secondary N) is 1. The van der Waals surface area contributed by atoms with Gasteiger partial charge in [0.15, 0.2) is 6.61 Å². The zero-order valence-corrected chi connectivity index (χ0v) is 17.4. The number of hydrogen-bond donors (Lipinski definition) is 1. The van der Waals surface area contributed by atoms with Crippen molar-refractivity contribution in [2.24, 2.45) is 0 Å². The second-order valence-electron chi connectivity index (χ2n) is 7.46. The average Bonchev–Trinajstić information content (AvgIpc) is 2.72. The third-order valence-electron chi connectivity index (χ3n) is 4.98. The minimum absolute atomic E-state index is 0.123. The number of nitrogens with zero attached hydrogens (tertiary/aromatic N) is 1. The molecule has 7 heteroatoms. The van der Waals surface area contributed by atoms with Crippen molar-refractivity contribution in [3.05, 3.63) is 54.1 Å². The standard InChI is InChI=1S/C23H26N2O5/c1-4-29-19-12-8-5-9-16(19)13-14-21(27)30-15-20(26)25-18-11-7-6-10-17(18)24-22(28)23(25,2)3/h5-12H,4,13-15H2,1-3H3,(H,24,28). The first kappa shape index (κ1) is 21.4. The second-order valence-corrected chi connectivity index (χ2v) is 7.46. The Hall–Kier alpha value is -3.35. The van der Waals surface area contributed by atoms with E-state index >= 15 is 0 Å². The number of rotatable bonds is 7. The number of para-hydroxylation sites is 3. The third kappa shape index (κ3) is 4.45. The van der Waals surface area contributed by atoms with Gasteiger partial charge in [0.2, 0.25) is 5.91 Å². The number of amides is 2. The van der Waals surface area contributed by atoms with Crippen LogP contribution >= 0.6 is 0 Å². The van der Waals surface area contributed by atoms with Crippen molar-refractivity contribution < 1.29 is 23.9 Å².